The smallest absolute Gasteiger partial charge is 0.264 e. The highest BCUT2D eigenvalue weighted by atomic mass is 35.5. The molecule has 1 N–H and O–H groups in total. The van der Waals surface area contributed by atoms with E-state index in [9.17, 15) is 18.0 Å². The van der Waals surface area contributed by atoms with E-state index in [1.807, 2.05) is 63.2 Å². The fourth-order valence-electron chi connectivity index (χ4n) is 6.21. The molecule has 0 unspecified atom stereocenters. The number of aryl methyl sites for hydroxylation is 3. The van der Waals surface area contributed by atoms with Crippen molar-refractivity contribution in [1.29, 1.82) is 0 Å². The van der Waals surface area contributed by atoms with Crippen molar-refractivity contribution in [3.05, 3.63) is 129 Å². The van der Waals surface area contributed by atoms with Gasteiger partial charge in [0.1, 0.15) is 12.6 Å². The molecule has 0 aromatic heterocycles. The van der Waals surface area contributed by atoms with Crippen LogP contribution in [-0.4, -0.2) is 43.8 Å². The monoisotopic (exact) mass is 705 g/mol. The molecule has 10 heteroatoms. The van der Waals surface area contributed by atoms with E-state index in [-0.39, 0.29) is 29.8 Å². The Balaban J connectivity index is 1.61. The van der Waals surface area contributed by atoms with Gasteiger partial charge in [0, 0.05) is 34.6 Å². The fourth-order valence-corrected chi connectivity index (χ4v) is 8.21. The van der Waals surface area contributed by atoms with Crippen LogP contribution in [0.2, 0.25) is 10.0 Å². The third kappa shape index (κ3) is 8.41. The van der Waals surface area contributed by atoms with Crippen LogP contribution in [0.5, 0.6) is 0 Å². The van der Waals surface area contributed by atoms with Gasteiger partial charge < -0.3 is 10.2 Å². The van der Waals surface area contributed by atoms with E-state index in [1.165, 1.54) is 4.90 Å². The summed E-state index contributed by atoms with van der Waals surface area (Å²) in [6, 6.07) is 25.5. The molecule has 1 aliphatic rings. The Morgan fingerprint density at radius 3 is 2.08 bits per heavy atom. The summed E-state index contributed by atoms with van der Waals surface area (Å²) in [4.78, 5) is 30.5. The predicted molar refractivity (Wildman–Crippen MR) is 193 cm³/mol. The van der Waals surface area contributed by atoms with Crippen LogP contribution in [-0.2, 0) is 32.6 Å². The number of amides is 2. The van der Waals surface area contributed by atoms with E-state index in [1.54, 1.807) is 48.5 Å². The first-order valence-corrected chi connectivity index (χ1v) is 18.4. The highest BCUT2D eigenvalue weighted by Crippen LogP contribution is 2.31. The molecule has 1 atom stereocenters. The number of hydrogen-bond donors (Lipinski definition) is 1. The van der Waals surface area contributed by atoms with Crippen LogP contribution in [0.25, 0.3) is 0 Å². The lowest BCUT2D eigenvalue weighted by molar-refractivity contribution is -0.140. The maximum atomic E-state index is 14.8. The van der Waals surface area contributed by atoms with Crippen molar-refractivity contribution in [2.24, 2.45) is 0 Å². The molecule has 1 aliphatic carbocycles. The molecule has 0 aliphatic heterocycles. The quantitative estimate of drug-likeness (QED) is 0.163. The molecular formula is C38H41Cl2N3O4S. The third-order valence-electron chi connectivity index (χ3n) is 8.87. The first-order chi connectivity index (χ1) is 22.9. The Labute approximate surface area is 293 Å². The average molecular weight is 707 g/mol. The second kappa shape index (κ2) is 15.6. The lowest BCUT2D eigenvalue weighted by Crippen LogP contribution is -2.54. The van der Waals surface area contributed by atoms with Crippen LogP contribution in [0.1, 0.15) is 53.5 Å². The Morgan fingerprint density at radius 1 is 0.833 bits per heavy atom. The zero-order valence-electron chi connectivity index (χ0n) is 27.5. The summed E-state index contributed by atoms with van der Waals surface area (Å²) in [6.45, 7) is 4.97. The van der Waals surface area contributed by atoms with Gasteiger partial charge in [-0.05, 0) is 75.1 Å². The van der Waals surface area contributed by atoms with Gasteiger partial charge >= 0.3 is 0 Å². The SMILES string of the molecule is Cc1ccc(S(=O)(=O)N(CC(=O)N(Cc2c(Cl)cccc2Cl)[C@@H](Cc2ccccc2)C(=O)NC2CCCC2)c2ccc(C)cc2C)cc1. The van der Waals surface area contributed by atoms with Gasteiger partial charge in [0.05, 0.1) is 10.6 Å². The Hall–Kier alpha value is -3.85. The first kappa shape index (κ1) is 35.5. The molecular weight excluding hydrogens is 665 g/mol. The number of nitrogens with one attached hydrogen (secondary N) is 1. The Morgan fingerprint density at radius 2 is 1.46 bits per heavy atom. The molecule has 5 rings (SSSR count). The van der Waals surface area contributed by atoms with Gasteiger partial charge in [0.15, 0.2) is 0 Å². The largest absolute Gasteiger partial charge is 0.352 e. The Kier molecular flexibility index (Phi) is 11.5. The summed E-state index contributed by atoms with van der Waals surface area (Å²) < 4.78 is 29.9. The van der Waals surface area contributed by atoms with E-state index >= 15 is 0 Å². The number of rotatable bonds is 12. The molecule has 0 radical (unpaired) electrons. The Bertz CT molecular complexity index is 1840. The second-order valence-electron chi connectivity index (χ2n) is 12.5. The van der Waals surface area contributed by atoms with Crippen molar-refractivity contribution >= 4 is 50.7 Å². The summed E-state index contributed by atoms with van der Waals surface area (Å²) in [7, 11) is -4.21. The van der Waals surface area contributed by atoms with Crippen LogP contribution in [0.3, 0.4) is 0 Å². The number of carbonyl (C=O) groups is 2. The number of nitrogens with zero attached hydrogens (tertiary/aromatic N) is 2. The number of hydrogen-bond acceptors (Lipinski definition) is 4. The lowest BCUT2D eigenvalue weighted by Gasteiger charge is -2.35. The minimum Gasteiger partial charge on any atom is -0.352 e. The predicted octanol–water partition coefficient (Wildman–Crippen LogP) is 7.81. The molecule has 2 amide bonds. The molecule has 252 valence electrons. The zero-order valence-corrected chi connectivity index (χ0v) is 29.8. The van der Waals surface area contributed by atoms with E-state index in [2.05, 4.69) is 5.32 Å². The summed E-state index contributed by atoms with van der Waals surface area (Å²) >= 11 is 13.3. The minimum atomic E-state index is -4.21. The number of anilines is 1. The summed E-state index contributed by atoms with van der Waals surface area (Å²) in [5.41, 5.74) is 4.25. The number of sulfonamides is 1. The average Bonchev–Trinajstić information content (AvgIpc) is 3.56. The van der Waals surface area contributed by atoms with E-state index in [0.29, 0.717) is 26.9 Å². The van der Waals surface area contributed by atoms with E-state index in [4.69, 9.17) is 23.2 Å². The molecule has 4 aromatic carbocycles. The molecule has 0 saturated heterocycles. The fraction of sp³-hybridized carbons (Fsp3) is 0.316. The normalized spacial score (nSPS) is 14.0. The van der Waals surface area contributed by atoms with Crippen LogP contribution in [0.15, 0.2) is 95.9 Å². The number of carbonyl (C=O) groups excluding carboxylic acids is 2. The first-order valence-electron chi connectivity index (χ1n) is 16.2. The molecule has 1 fully saturated rings. The van der Waals surface area contributed by atoms with Gasteiger partial charge in [-0.2, -0.15) is 0 Å². The van der Waals surface area contributed by atoms with Gasteiger partial charge in [-0.1, -0.05) is 108 Å². The summed E-state index contributed by atoms with van der Waals surface area (Å²) in [5.74, 6) is -0.870. The zero-order chi connectivity index (χ0) is 34.4. The van der Waals surface area contributed by atoms with Gasteiger partial charge in [0.2, 0.25) is 11.8 Å². The van der Waals surface area contributed by atoms with Crippen LogP contribution < -0.4 is 9.62 Å². The second-order valence-corrected chi connectivity index (χ2v) is 15.2. The van der Waals surface area contributed by atoms with Crippen LogP contribution >= 0.6 is 23.2 Å². The van der Waals surface area contributed by atoms with Crippen LogP contribution in [0.4, 0.5) is 5.69 Å². The van der Waals surface area contributed by atoms with Crippen LogP contribution in [0, 0.1) is 20.8 Å². The maximum absolute atomic E-state index is 14.8. The highest BCUT2D eigenvalue weighted by molar-refractivity contribution is 7.92. The van der Waals surface area contributed by atoms with Crippen molar-refractivity contribution < 1.29 is 18.0 Å². The molecule has 0 heterocycles. The van der Waals surface area contributed by atoms with Gasteiger partial charge in [0.25, 0.3) is 10.0 Å². The van der Waals surface area contributed by atoms with E-state index in [0.717, 1.165) is 46.7 Å². The van der Waals surface area contributed by atoms with Crippen molar-refractivity contribution in [2.45, 2.75) is 76.4 Å². The van der Waals surface area contributed by atoms with Gasteiger partial charge in [-0.3, -0.25) is 13.9 Å². The third-order valence-corrected chi connectivity index (χ3v) is 11.4. The van der Waals surface area contributed by atoms with Crippen molar-refractivity contribution in [2.75, 3.05) is 10.8 Å². The van der Waals surface area contributed by atoms with Crippen molar-refractivity contribution in [3.63, 3.8) is 0 Å². The van der Waals surface area contributed by atoms with E-state index < -0.39 is 28.5 Å². The molecule has 4 aromatic rings. The minimum absolute atomic E-state index is 0.00486. The molecule has 7 nitrogen and oxygen atoms in total. The molecule has 1 saturated carbocycles. The van der Waals surface area contributed by atoms with Crippen molar-refractivity contribution in [3.8, 4) is 0 Å². The molecule has 48 heavy (non-hydrogen) atoms. The maximum Gasteiger partial charge on any atom is 0.264 e. The highest BCUT2D eigenvalue weighted by Gasteiger charge is 2.36. The van der Waals surface area contributed by atoms with Crippen molar-refractivity contribution in [1.82, 2.24) is 10.2 Å². The summed E-state index contributed by atoms with van der Waals surface area (Å²) in [6.07, 6.45) is 3.98. The molecule has 0 bridgehead atoms. The van der Waals surface area contributed by atoms with Gasteiger partial charge in [-0.25, -0.2) is 8.42 Å². The summed E-state index contributed by atoms with van der Waals surface area (Å²) in [5, 5.41) is 3.86. The number of halogens is 2. The molecule has 0 spiro atoms. The van der Waals surface area contributed by atoms with Gasteiger partial charge in [-0.15, -0.1) is 0 Å². The standard InChI is InChI=1S/C38H41Cl2N3O4S/c1-26-16-19-31(20-17-26)48(46,47)43(35-21-18-27(2)22-28(35)3)25-37(44)42(24-32-33(39)14-9-15-34(32)40)36(23-29-10-5-4-6-11-29)38(45)41-30-12-7-8-13-30/h4-6,9-11,14-22,30,36H,7-8,12-13,23-25H2,1-3H3,(H,41,45)/t36-/m0/s1. The number of benzene rings is 4. The lowest BCUT2D eigenvalue weighted by atomic mass is 10.0. The topological polar surface area (TPSA) is 86.8 Å².